The maximum absolute atomic E-state index is 11.9. The number of amides is 1. The highest BCUT2D eigenvalue weighted by Gasteiger charge is 2.18. The molecule has 1 aliphatic heterocycles. The van der Waals surface area contributed by atoms with E-state index < -0.39 is 6.04 Å². The van der Waals surface area contributed by atoms with Gasteiger partial charge in [-0.05, 0) is 35.8 Å². The molecule has 1 aromatic carbocycles. The fraction of sp³-hybridized carbons (Fsp3) is 0.500. The molecule has 0 aliphatic carbocycles. The van der Waals surface area contributed by atoms with Gasteiger partial charge in [0.25, 0.3) is 0 Å². The molecule has 2 atom stereocenters. The molecule has 0 bridgehead atoms. The van der Waals surface area contributed by atoms with Gasteiger partial charge in [-0.2, -0.15) is 11.8 Å². The average molecular weight is 264 g/mol. The first-order chi connectivity index (χ1) is 8.75. The second-order valence-electron chi connectivity index (χ2n) is 4.77. The zero-order chi connectivity index (χ0) is 12.8. The number of rotatable bonds is 5. The van der Waals surface area contributed by atoms with Crippen molar-refractivity contribution < 1.29 is 4.79 Å². The van der Waals surface area contributed by atoms with E-state index in [0.29, 0.717) is 12.3 Å². The molecule has 3 nitrogen and oxygen atoms in total. The third-order valence-electron chi connectivity index (χ3n) is 3.22. The molecule has 18 heavy (non-hydrogen) atoms. The first-order valence-corrected chi connectivity index (χ1v) is 7.56. The molecule has 1 aliphatic rings. The van der Waals surface area contributed by atoms with Crippen LogP contribution in [0.25, 0.3) is 0 Å². The fourth-order valence-corrected chi connectivity index (χ4v) is 3.37. The van der Waals surface area contributed by atoms with Crippen molar-refractivity contribution in [3.63, 3.8) is 0 Å². The van der Waals surface area contributed by atoms with Gasteiger partial charge >= 0.3 is 0 Å². The zero-order valence-electron chi connectivity index (χ0n) is 10.5. The Morgan fingerprint density at radius 2 is 2.22 bits per heavy atom. The summed E-state index contributed by atoms with van der Waals surface area (Å²) in [4.78, 5) is 11.9. The normalized spacial score (nSPS) is 20.6. The van der Waals surface area contributed by atoms with E-state index >= 15 is 0 Å². The van der Waals surface area contributed by atoms with Crippen molar-refractivity contribution in [2.45, 2.75) is 18.9 Å². The lowest BCUT2D eigenvalue weighted by Gasteiger charge is -2.14. The molecule has 1 fully saturated rings. The van der Waals surface area contributed by atoms with Crippen LogP contribution in [0.15, 0.2) is 30.3 Å². The van der Waals surface area contributed by atoms with Gasteiger partial charge in [0, 0.05) is 6.54 Å². The van der Waals surface area contributed by atoms with Crippen LogP contribution in [-0.2, 0) is 11.2 Å². The lowest BCUT2D eigenvalue weighted by atomic mass is 10.1. The summed E-state index contributed by atoms with van der Waals surface area (Å²) in [7, 11) is 0. The van der Waals surface area contributed by atoms with Crippen molar-refractivity contribution in [3.05, 3.63) is 35.9 Å². The Morgan fingerprint density at radius 3 is 2.89 bits per heavy atom. The van der Waals surface area contributed by atoms with Crippen LogP contribution >= 0.6 is 11.8 Å². The number of nitrogens with two attached hydrogens (primary N) is 1. The predicted octanol–water partition coefficient (Wildman–Crippen LogP) is 1.43. The maximum Gasteiger partial charge on any atom is 0.237 e. The van der Waals surface area contributed by atoms with E-state index in [4.69, 9.17) is 5.73 Å². The standard InChI is InChI=1S/C14H20N2OS/c15-13(8-11-4-2-1-3-5-11)14(17)16-9-12-6-7-18-10-12/h1-5,12-13H,6-10,15H2,(H,16,17)/t12?,13-/m0/s1. The van der Waals surface area contributed by atoms with Gasteiger partial charge < -0.3 is 11.1 Å². The Labute approximate surface area is 113 Å². The van der Waals surface area contributed by atoms with Crippen molar-refractivity contribution in [1.29, 1.82) is 0 Å². The molecule has 3 N–H and O–H groups in total. The molecule has 2 rings (SSSR count). The summed E-state index contributed by atoms with van der Waals surface area (Å²) < 4.78 is 0. The molecular weight excluding hydrogens is 244 g/mol. The molecule has 0 aromatic heterocycles. The quantitative estimate of drug-likeness (QED) is 0.846. The number of thioether (sulfide) groups is 1. The number of carbonyl (C=O) groups excluding carboxylic acids is 1. The molecule has 1 unspecified atom stereocenters. The summed E-state index contributed by atoms with van der Waals surface area (Å²) in [5, 5.41) is 2.97. The third kappa shape index (κ3) is 4.03. The van der Waals surface area contributed by atoms with Crippen molar-refractivity contribution >= 4 is 17.7 Å². The summed E-state index contributed by atoms with van der Waals surface area (Å²) in [5.41, 5.74) is 7.02. The fourth-order valence-electron chi connectivity index (χ4n) is 2.08. The van der Waals surface area contributed by atoms with Crippen molar-refractivity contribution in [2.24, 2.45) is 11.7 Å². The van der Waals surface area contributed by atoms with Crippen LogP contribution < -0.4 is 11.1 Å². The van der Waals surface area contributed by atoms with Crippen LogP contribution in [0, 0.1) is 5.92 Å². The number of carbonyl (C=O) groups is 1. The van der Waals surface area contributed by atoms with Gasteiger partial charge in [-0.1, -0.05) is 30.3 Å². The van der Waals surface area contributed by atoms with Gasteiger partial charge in [0.1, 0.15) is 0 Å². The Balaban J connectivity index is 1.74. The van der Waals surface area contributed by atoms with Crippen LogP contribution in [0.2, 0.25) is 0 Å². The van der Waals surface area contributed by atoms with Gasteiger partial charge in [0.15, 0.2) is 0 Å². The molecule has 0 spiro atoms. The minimum absolute atomic E-state index is 0.0317. The molecule has 4 heteroatoms. The lowest BCUT2D eigenvalue weighted by molar-refractivity contribution is -0.122. The van der Waals surface area contributed by atoms with Crippen LogP contribution in [-0.4, -0.2) is 30.0 Å². The first kappa shape index (κ1) is 13.4. The Hall–Kier alpha value is -1.00. The van der Waals surface area contributed by atoms with Crippen LogP contribution in [0.4, 0.5) is 0 Å². The van der Waals surface area contributed by atoms with Gasteiger partial charge in [-0.25, -0.2) is 0 Å². The zero-order valence-corrected chi connectivity index (χ0v) is 11.3. The van der Waals surface area contributed by atoms with E-state index in [9.17, 15) is 4.79 Å². The molecular formula is C14H20N2OS. The molecule has 1 aromatic rings. The van der Waals surface area contributed by atoms with E-state index in [1.54, 1.807) is 0 Å². The number of hydrogen-bond acceptors (Lipinski definition) is 3. The van der Waals surface area contributed by atoms with Crippen LogP contribution in [0.1, 0.15) is 12.0 Å². The molecule has 1 heterocycles. The second kappa shape index (κ2) is 6.81. The predicted molar refractivity (Wildman–Crippen MR) is 76.6 cm³/mol. The van der Waals surface area contributed by atoms with Crippen LogP contribution in [0.5, 0.6) is 0 Å². The summed E-state index contributed by atoms with van der Waals surface area (Å²) >= 11 is 1.96. The van der Waals surface area contributed by atoms with Crippen LogP contribution in [0.3, 0.4) is 0 Å². The van der Waals surface area contributed by atoms with Gasteiger partial charge in [0.05, 0.1) is 6.04 Å². The summed E-state index contributed by atoms with van der Waals surface area (Å²) in [6, 6.07) is 9.46. The Bertz CT molecular complexity index is 377. The minimum atomic E-state index is -0.443. The maximum atomic E-state index is 11.9. The van der Waals surface area contributed by atoms with E-state index in [-0.39, 0.29) is 5.91 Å². The monoisotopic (exact) mass is 264 g/mol. The number of benzene rings is 1. The smallest absolute Gasteiger partial charge is 0.237 e. The molecule has 0 radical (unpaired) electrons. The topological polar surface area (TPSA) is 55.1 Å². The lowest BCUT2D eigenvalue weighted by Crippen LogP contribution is -2.43. The summed E-state index contributed by atoms with van der Waals surface area (Å²) in [6.45, 7) is 0.772. The highest BCUT2D eigenvalue weighted by atomic mass is 32.2. The first-order valence-electron chi connectivity index (χ1n) is 6.40. The average Bonchev–Trinajstić information content (AvgIpc) is 2.90. The van der Waals surface area contributed by atoms with E-state index in [0.717, 1.165) is 17.9 Å². The Kier molecular flexibility index (Phi) is 5.08. The number of nitrogens with one attached hydrogen (secondary N) is 1. The summed E-state index contributed by atoms with van der Waals surface area (Å²) in [6.07, 6.45) is 1.81. The number of hydrogen-bond donors (Lipinski definition) is 2. The van der Waals surface area contributed by atoms with Crippen molar-refractivity contribution in [3.8, 4) is 0 Å². The molecule has 1 saturated heterocycles. The molecule has 98 valence electrons. The third-order valence-corrected chi connectivity index (χ3v) is 4.46. The second-order valence-corrected chi connectivity index (χ2v) is 5.92. The van der Waals surface area contributed by atoms with E-state index in [1.165, 1.54) is 12.2 Å². The highest BCUT2D eigenvalue weighted by molar-refractivity contribution is 7.99. The molecule has 0 saturated carbocycles. The largest absolute Gasteiger partial charge is 0.354 e. The van der Waals surface area contributed by atoms with E-state index in [1.807, 2.05) is 42.1 Å². The highest BCUT2D eigenvalue weighted by Crippen LogP contribution is 2.22. The van der Waals surface area contributed by atoms with Gasteiger partial charge in [-0.15, -0.1) is 0 Å². The minimum Gasteiger partial charge on any atom is -0.354 e. The SMILES string of the molecule is N[C@@H](Cc1ccccc1)C(=O)NCC1CCSC1. The van der Waals surface area contributed by atoms with E-state index in [2.05, 4.69) is 5.32 Å². The van der Waals surface area contributed by atoms with Crippen molar-refractivity contribution in [1.82, 2.24) is 5.32 Å². The molecule has 1 amide bonds. The summed E-state index contributed by atoms with van der Waals surface area (Å²) in [5.74, 6) is 2.98. The Morgan fingerprint density at radius 1 is 1.44 bits per heavy atom. The van der Waals surface area contributed by atoms with Gasteiger partial charge in [-0.3, -0.25) is 4.79 Å². The van der Waals surface area contributed by atoms with Crippen molar-refractivity contribution in [2.75, 3.05) is 18.1 Å². The van der Waals surface area contributed by atoms with Gasteiger partial charge in [0.2, 0.25) is 5.91 Å².